The molecular weight excluding hydrogens is 452 g/mol. The minimum Gasteiger partial charge on any atom is -0.487 e. The zero-order valence-corrected chi connectivity index (χ0v) is 21.1. The average Bonchev–Trinajstić information content (AvgIpc) is 2.81. The van der Waals surface area contributed by atoms with Crippen molar-refractivity contribution in [1.82, 2.24) is 9.21 Å². The van der Waals surface area contributed by atoms with Gasteiger partial charge in [0.1, 0.15) is 23.4 Å². The van der Waals surface area contributed by atoms with Crippen molar-refractivity contribution in [3.63, 3.8) is 0 Å². The van der Waals surface area contributed by atoms with E-state index in [0.29, 0.717) is 12.1 Å². The highest BCUT2D eigenvalue weighted by Gasteiger charge is 2.38. The first-order valence-electron chi connectivity index (χ1n) is 11.4. The summed E-state index contributed by atoms with van der Waals surface area (Å²) in [6.45, 7) is 5.33. The minimum atomic E-state index is -3.87. The second kappa shape index (κ2) is 11.8. The quantitative estimate of drug-likeness (QED) is 0.606. The largest absolute Gasteiger partial charge is 0.487 e. The van der Waals surface area contributed by atoms with Crippen LogP contribution in [0.15, 0.2) is 53.4 Å². The van der Waals surface area contributed by atoms with Gasteiger partial charge in [0, 0.05) is 44.3 Å². The van der Waals surface area contributed by atoms with E-state index in [0.717, 1.165) is 6.54 Å². The summed E-state index contributed by atoms with van der Waals surface area (Å²) in [4.78, 5) is 2.27. The molecule has 0 amide bonds. The molecule has 2 aromatic carbocycles. The van der Waals surface area contributed by atoms with Crippen LogP contribution in [0.25, 0.3) is 0 Å². The molecule has 0 radical (unpaired) electrons. The molecule has 0 aliphatic carbocycles. The number of benzene rings is 2. The molecule has 0 bridgehead atoms. The molecule has 0 fully saturated rings. The molecule has 2 aromatic rings. The first kappa shape index (κ1) is 26.2. The second-order valence-electron chi connectivity index (χ2n) is 8.82. The molecule has 1 aliphatic rings. The number of hydrogen-bond donors (Lipinski definition) is 1. The van der Waals surface area contributed by atoms with Gasteiger partial charge in [-0.05, 0) is 37.7 Å². The van der Waals surface area contributed by atoms with Crippen molar-refractivity contribution >= 4 is 10.0 Å². The molecule has 0 unspecified atom stereocenters. The smallest absolute Gasteiger partial charge is 0.247 e. The summed E-state index contributed by atoms with van der Waals surface area (Å²) in [5.41, 5.74) is 1.84. The Balaban J connectivity index is 1.97. The van der Waals surface area contributed by atoms with Gasteiger partial charge in [0.2, 0.25) is 10.0 Å². The number of aliphatic hydroxyl groups excluding tert-OH is 1. The number of ether oxygens (including phenoxy) is 2. The SMILES string of the molecule is COCC#Cc1ccc2c(c1)O[C@@H](CN(C)Cc1ccccc1)[C@H](C)CN([C@@H](C)CO)S2(=O)=O. The van der Waals surface area contributed by atoms with Crippen LogP contribution in [-0.2, 0) is 21.3 Å². The van der Waals surface area contributed by atoms with Crippen molar-refractivity contribution in [2.75, 3.05) is 40.5 Å². The van der Waals surface area contributed by atoms with Gasteiger partial charge in [-0.1, -0.05) is 49.1 Å². The fraction of sp³-hybridized carbons (Fsp3) is 0.462. The molecule has 3 atom stereocenters. The van der Waals surface area contributed by atoms with E-state index in [-0.39, 0.29) is 42.4 Å². The Hall–Kier alpha value is -2.41. The van der Waals surface area contributed by atoms with E-state index in [9.17, 15) is 13.5 Å². The maximum absolute atomic E-state index is 13.5. The predicted molar refractivity (Wildman–Crippen MR) is 132 cm³/mol. The topological polar surface area (TPSA) is 79.3 Å². The normalized spacial score (nSPS) is 20.9. The Morgan fingerprint density at radius 3 is 2.68 bits per heavy atom. The molecule has 1 N–H and O–H groups in total. The first-order chi connectivity index (χ1) is 16.3. The Kier molecular flexibility index (Phi) is 9.11. The average molecular weight is 487 g/mol. The second-order valence-corrected chi connectivity index (χ2v) is 10.7. The Morgan fingerprint density at radius 1 is 1.26 bits per heavy atom. The number of sulfonamides is 1. The van der Waals surface area contributed by atoms with Gasteiger partial charge in [0.25, 0.3) is 0 Å². The van der Waals surface area contributed by atoms with Crippen molar-refractivity contribution in [2.24, 2.45) is 5.92 Å². The van der Waals surface area contributed by atoms with Crippen LogP contribution in [0.2, 0.25) is 0 Å². The van der Waals surface area contributed by atoms with E-state index in [4.69, 9.17) is 9.47 Å². The van der Waals surface area contributed by atoms with Crippen molar-refractivity contribution in [1.29, 1.82) is 0 Å². The van der Waals surface area contributed by atoms with Gasteiger partial charge < -0.3 is 14.6 Å². The molecule has 1 aliphatic heterocycles. The summed E-state index contributed by atoms with van der Waals surface area (Å²) in [7, 11) is -0.270. The van der Waals surface area contributed by atoms with Crippen molar-refractivity contribution in [3.05, 3.63) is 59.7 Å². The maximum atomic E-state index is 13.5. The lowest BCUT2D eigenvalue weighted by atomic mass is 10.0. The summed E-state index contributed by atoms with van der Waals surface area (Å²) in [6.07, 6.45) is -0.265. The highest BCUT2D eigenvalue weighted by Crippen LogP contribution is 2.34. The molecule has 0 saturated heterocycles. The van der Waals surface area contributed by atoms with Crippen LogP contribution in [0.4, 0.5) is 0 Å². The molecule has 0 spiro atoms. The van der Waals surface area contributed by atoms with E-state index in [1.807, 2.05) is 32.2 Å². The van der Waals surface area contributed by atoms with Gasteiger partial charge >= 0.3 is 0 Å². The van der Waals surface area contributed by atoms with Gasteiger partial charge in [-0.3, -0.25) is 4.90 Å². The maximum Gasteiger partial charge on any atom is 0.247 e. The summed E-state index contributed by atoms with van der Waals surface area (Å²) in [5.74, 6) is 6.05. The van der Waals surface area contributed by atoms with Crippen LogP contribution in [0.3, 0.4) is 0 Å². The molecule has 0 aromatic heterocycles. The van der Waals surface area contributed by atoms with E-state index < -0.39 is 16.1 Å². The zero-order valence-electron chi connectivity index (χ0n) is 20.3. The van der Waals surface area contributed by atoms with Crippen LogP contribution in [0, 0.1) is 17.8 Å². The van der Waals surface area contributed by atoms with Crippen LogP contribution < -0.4 is 4.74 Å². The lowest BCUT2D eigenvalue weighted by Crippen LogP contribution is -2.49. The fourth-order valence-corrected chi connectivity index (χ4v) is 5.82. The molecule has 0 saturated carbocycles. The summed E-state index contributed by atoms with van der Waals surface area (Å²) in [5, 5.41) is 9.78. The van der Waals surface area contributed by atoms with E-state index in [1.54, 1.807) is 32.2 Å². The molecule has 7 nitrogen and oxygen atoms in total. The summed E-state index contributed by atoms with van der Waals surface area (Å²) >= 11 is 0. The molecule has 184 valence electrons. The Bertz CT molecular complexity index is 1110. The minimum absolute atomic E-state index is 0.0905. The number of aliphatic hydroxyl groups is 1. The zero-order chi connectivity index (χ0) is 24.7. The highest BCUT2D eigenvalue weighted by atomic mass is 32.2. The third-order valence-corrected chi connectivity index (χ3v) is 7.92. The number of rotatable bonds is 7. The van der Waals surface area contributed by atoms with E-state index >= 15 is 0 Å². The van der Waals surface area contributed by atoms with Crippen molar-refractivity contribution < 1.29 is 23.0 Å². The van der Waals surface area contributed by atoms with Crippen LogP contribution >= 0.6 is 0 Å². The Morgan fingerprint density at radius 2 is 2.00 bits per heavy atom. The lowest BCUT2D eigenvalue weighted by molar-refractivity contribution is 0.0733. The van der Waals surface area contributed by atoms with Crippen LogP contribution in [0.1, 0.15) is 25.0 Å². The summed E-state index contributed by atoms with van der Waals surface area (Å²) in [6, 6.07) is 14.5. The fourth-order valence-electron chi connectivity index (χ4n) is 4.00. The van der Waals surface area contributed by atoms with E-state index in [1.165, 1.54) is 9.87 Å². The Labute approximate surface area is 203 Å². The molecule has 1 heterocycles. The van der Waals surface area contributed by atoms with Gasteiger partial charge in [-0.25, -0.2) is 8.42 Å². The predicted octanol–water partition coefficient (Wildman–Crippen LogP) is 2.59. The monoisotopic (exact) mass is 486 g/mol. The lowest BCUT2D eigenvalue weighted by Gasteiger charge is -2.37. The van der Waals surface area contributed by atoms with E-state index in [2.05, 4.69) is 28.9 Å². The summed E-state index contributed by atoms with van der Waals surface area (Å²) < 4.78 is 39.8. The van der Waals surface area contributed by atoms with Gasteiger partial charge in [-0.15, -0.1) is 0 Å². The van der Waals surface area contributed by atoms with Crippen LogP contribution in [-0.4, -0.2) is 75.3 Å². The molecule has 8 heteroatoms. The molecule has 3 rings (SSSR count). The number of nitrogens with zero attached hydrogens (tertiary/aromatic N) is 2. The highest BCUT2D eigenvalue weighted by molar-refractivity contribution is 7.89. The van der Waals surface area contributed by atoms with Gasteiger partial charge in [0.15, 0.2) is 0 Å². The van der Waals surface area contributed by atoms with Crippen LogP contribution in [0.5, 0.6) is 5.75 Å². The standard InChI is InChI=1S/C26H34N2O5S/c1-20-16-28(21(2)19-29)34(30,31)26-13-12-22(11-8-14-32-4)15-24(26)33-25(20)18-27(3)17-23-9-6-5-7-10-23/h5-7,9-10,12-13,15,20-21,25,29H,14,16-19H2,1-4H3/t20-,21+,25+/m1/s1. The number of likely N-dealkylation sites (N-methyl/N-ethyl adjacent to an activating group) is 1. The molecular formula is C26H34N2O5S. The number of fused-ring (bicyclic) bond motifs is 1. The number of hydrogen-bond acceptors (Lipinski definition) is 6. The van der Waals surface area contributed by atoms with Gasteiger partial charge in [-0.2, -0.15) is 4.31 Å². The van der Waals surface area contributed by atoms with Crippen molar-refractivity contribution in [2.45, 2.75) is 37.4 Å². The number of methoxy groups -OCH3 is 1. The van der Waals surface area contributed by atoms with Crippen molar-refractivity contribution in [3.8, 4) is 17.6 Å². The third-order valence-electron chi connectivity index (χ3n) is 5.90. The first-order valence-corrected chi connectivity index (χ1v) is 12.8. The third kappa shape index (κ3) is 6.38. The molecule has 34 heavy (non-hydrogen) atoms. The van der Waals surface area contributed by atoms with Gasteiger partial charge in [0.05, 0.1) is 6.61 Å².